The number of hydrogen-bond acceptors (Lipinski definition) is 16. The number of nitrogens with one attached hydrogen (secondary N) is 2. The van der Waals surface area contributed by atoms with Crippen molar-refractivity contribution < 1.29 is 27.5 Å². The molecule has 3 saturated heterocycles. The summed E-state index contributed by atoms with van der Waals surface area (Å²) in [4.78, 5) is 58.6. The van der Waals surface area contributed by atoms with E-state index in [4.69, 9.17) is 19.4 Å². The van der Waals surface area contributed by atoms with Gasteiger partial charge in [0, 0.05) is 132 Å². The van der Waals surface area contributed by atoms with E-state index >= 15 is 0 Å². The molecule has 8 rings (SSSR count). The van der Waals surface area contributed by atoms with Gasteiger partial charge in [0.25, 0.3) is 5.91 Å². The molecule has 0 spiro atoms. The van der Waals surface area contributed by atoms with Gasteiger partial charge in [0.15, 0.2) is 15.7 Å². The van der Waals surface area contributed by atoms with Crippen LogP contribution in [0.4, 0.5) is 22.4 Å². The molecular formula is C52H73N13O6S. The molecule has 0 radical (unpaired) electrons. The molecule has 2 aromatic carbocycles. The average molecular weight is 1010 g/mol. The van der Waals surface area contributed by atoms with E-state index in [1.165, 1.54) is 11.9 Å². The van der Waals surface area contributed by atoms with Gasteiger partial charge in [-0.3, -0.25) is 24.6 Å². The maximum absolute atomic E-state index is 14.0. The van der Waals surface area contributed by atoms with Gasteiger partial charge in [-0.15, -0.1) is 0 Å². The van der Waals surface area contributed by atoms with Crippen LogP contribution in [0.25, 0.3) is 10.9 Å². The highest BCUT2D eigenvalue weighted by atomic mass is 32.2. The van der Waals surface area contributed by atoms with E-state index in [9.17, 15) is 18.0 Å². The fourth-order valence-electron chi connectivity index (χ4n) is 9.55. The number of ether oxygens (including phenoxy) is 2. The smallest absolute Gasteiger partial charge is 0.410 e. The minimum atomic E-state index is -3.83. The van der Waals surface area contributed by atoms with Crippen molar-refractivity contribution in [1.29, 1.82) is 0 Å². The summed E-state index contributed by atoms with van der Waals surface area (Å²) >= 11 is 0. The van der Waals surface area contributed by atoms with Gasteiger partial charge in [-0.25, -0.2) is 33.1 Å². The first-order chi connectivity index (χ1) is 34.1. The quantitative estimate of drug-likeness (QED) is 0.117. The summed E-state index contributed by atoms with van der Waals surface area (Å²) in [6.45, 7) is 27.7. The molecule has 2 N–H and O–H groups in total. The molecule has 3 aliphatic rings. The van der Waals surface area contributed by atoms with E-state index in [2.05, 4.69) is 83.2 Å². The predicted octanol–water partition coefficient (Wildman–Crippen LogP) is 6.32. The molecule has 3 fully saturated rings. The Morgan fingerprint density at radius 2 is 1.56 bits per heavy atom. The molecule has 3 aliphatic heterocycles. The second-order valence-electron chi connectivity index (χ2n) is 21.5. The molecule has 3 atom stereocenters. The molecule has 19 nitrogen and oxygen atoms in total. The molecule has 5 aromatic rings. The van der Waals surface area contributed by atoms with Crippen LogP contribution in [0.2, 0.25) is 0 Å². The van der Waals surface area contributed by atoms with Crippen LogP contribution in [0.3, 0.4) is 0 Å². The third kappa shape index (κ3) is 12.1. The van der Waals surface area contributed by atoms with Crippen LogP contribution in [0.1, 0.15) is 89.0 Å². The summed E-state index contributed by atoms with van der Waals surface area (Å²) in [5, 5.41) is 11.1. The Bertz CT molecular complexity index is 2790. The van der Waals surface area contributed by atoms with Gasteiger partial charge in [0.1, 0.15) is 28.4 Å². The van der Waals surface area contributed by atoms with Gasteiger partial charge in [-0.2, -0.15) is 5.10 Å². The molecule has 1 unspecified atom stereocenters. The van der Waals surface area contributed by atoms with Crippen molar-refractivity contribution >= 4 is 50.3 Å². The van der Waals surface area contributed by atoms with Crippen LogP contribution in [-0.4, -0.2) is 182 Å². The summed E-state index contributed by atoms with van der Waals surface area (Å²) in [5.74, 6) is 1.81. The molecule has 3 aromatic heterocycles. The molecule has 0 bridgehead atoms. The molecule has 0 saturated carbocycles. The number of hydrogen-bond donors (Lipinski definition) is 2. The van der Waals surface area contributed by atoms with Crippen LogP contribution >= 0.6 is 0 Å². The molecule has 20 heteroatoms. The highest BCUT2D eigenvalue weighted by Crippen LogP contribution is 2.37. The number of piperazine rings is 3. The Balaban J connectivity index is 0.823. The molecule has 72 heavy (non-hydrogen) atoms. The lowest BCUT2D eigenvalue weighted by molar-refractivity contribution is -0.0227. The first kappa shape index (κ1) is 52.4. The van der Waals surface area contributed by atoms with Crippen LogP contribution in [0, 0.1) is 13.8 Å². The molecule has 388 valence electrons. The Hall–Kier alpha value is -5.96. The normalized spacial score (nSPS) is 20.0. The van der Waals surface area contributed by atoms with Gasteiger partial charge in [0.05, 0.1) is 22.4 Å². The number of carbonyl (C=O) groups is 2. The Morgan fingerprint density at radius 3 is 2.21 bits per heavy atom. The van der Waals surface area contributed by atoms with Crippen molar-refractivity contribution in [2.24, 2.45) is 0 Å². The highest BCUT2D eigenvalue weighted by Gasteiger charge is 2.39. The number of rotatable bonds is 14. The monoisotopic (exact) mass is 1010 g/mol. The van der Waals surface area contributed by atoms with Crippen LogP contribution < -0.4 is 15.0 Å². The van der Waals surface area contributed by atoms with Crippen LogP contribution in [0.15, 0.2) is 66.1 Å². The zero-order chi connectivity index (χ0) is 51.5. The summed E-state index contributed by atoms with van der Waals surface area (Å²) in [7, 11) is -3.83. The number of aryl methyl sites for hydroxylation is 1. The summed E-state index contributed by atoms with van der Waals surface area (Å²) < 4.78 is 38.9. The van der Waals surface area contributed by atoms with Crippen molar-refractivity contribution in [2.75, 3.05) is 88.8 Å². The van der Waals surface area contributed by atoms with Crippen molar-refractivity contribution in [3.63, 3.8) is 0 Å². The van der Waals surface area contributed by atoms with E-state index in [1.807, 2.05) is 50.5 Å². The lowest BCUT2D eigenvalue weighted by Crippen LogP contribution is -2.63. The fourth-order valence-corrected chi connectivity index (χ4v) is 10.9. The molecule has 6 heterocycles. The van der Waals surface area contributed by atoms with Gasteiger partial charge in [-0.1, -0.05) is 30.3 Å². The van der Waals surface area contributed by atoms with Gasteiger partial charge >= 0.3 is 6.09 Å². The van der Waals surface area contributed by atoms with Crippen molar-refractivity contribution in [1.82, 2.24) is 54.6 Å². The number of nitrogens with zero attached hydrogens (tertiary/aromatic N) is 11. The maximum atomic E-state index is 14.0. The van der Waals surface area contributed by atoms with Gasteiger partial charge in [0.2, 0.25) is 5.95 Å². The lowest BCUT2D eigenvalue weighted by Gasteiger charge is -2.48. The Morgan fingerprint density at radius 1 is 0.833 bits per heavy atom. The second kappa shape index (κ2) is 21.6. The number of amides is 2. The average Bonchev–Trinajstić information content (AvgIpc) is 3.65. The lowest BCUT2D eigenvalue weighted by atomic mass is 10.0. The van der Waals surface area contributed by atoms with E-state index < -0.39 is 20.2 Å². The first-order valence-corrected chi connectivity index (χ1v) is 26.7. The fraction of sp³-hybridized carbons (Fsp3) is 0.558. The number of aromatic amines is 1. The third-order valence-corrected chi connectivity index (χ3v) is 16.5. The number of benzene rings is 2. The number of aromatic nitrogens is 6. The zero-order valence-electron chi connectivity index (χ0n) is 43.7. The summed E-state index contributed by atoms with van der Waals surface area (Å²) in [6.07, 6.45) is 5.11. The maximum Gasteiger partial charge on any atom is 0.410 e. The number of anilines is 3. The highest BCUT2D eigenvalue weighted by molar-refractivity contribution is 7.92. The Kier molecular flexibility index (Phi) is 15.7. The summed E-state index contributed by atoms with van der Waals surface area (Å²) in [5.41, 5.74) is 3.53. The van der Waals surface area contributed by atoms with E-state index in [0.29, 0.717) is 79.8 Å². The zero-order valence-corrected chi connectivity index (χ0v) is 44.5. The van der Waals surface area contributed by atoms with E-state index in [-0.39, 0.29) is 40.8 Å². The number of fused-ring (bicyclic) bond motifs is 1. The van der Waals surface area contributed by atoms with Crippen molar-refractivity contribution in [2.45, 2.75) is 116 Å². The topological polar surface area (TPSA) is 198 Å². The minimum absolute atomic E-state index is 0.0177. The van der Waals surface area contributed by atoms with Gasteiger partial charge < -0.3 is 29.5 Å². The van der Waals surface area contributed by atoms with Crippen molar-refractivity contribution in [3.8, 4) is 5.75 Å². The third-order valence-electron chi connectivity index (χ3n) is 14.0. The molecule has 2 amide bonds. The van der Waals surface area contributed by atoms with Crippen LogP contribution in [0.5, 0.6) is 5.75 Å². The SMILES string of the molecule is Cc1[nH]nc(Nc2ncnc3cc(OCCCN4CCN(C(=O)c5cnc(N6CCN(C[C@H]7CN(C(=O)OC(C)(C)C)[C@H](C)CN7Cc7ccccc7)C(C)C6)nc5)CC4)c(S(=O)(=O)C(C)(C)C)cc23)c1C. The number of H-pyrrole nitrogens is 1. The summed E-state index contributed by atoms with van der Waals surface area (Å²) in [6, 6.07) is 14.1. The standard InChI is InChI=1S/C52H73N13O6S/c1-35-29-63(23-22-62(35)32-41-33-65(50(67)71-51(5,6)7)36(2)30-64(41)31-39-15-12-11-13-16-39)49-53-27-40(28-54-49)48(66)61-20-18-60(19-21-61)17-14-24-70-44-26-43-42(25-45(44)72(68,69)52(8,9)10)47(56-34-55-43)57-46-37(3)38(4)58-59-46/h11-13,15-16,25-28,34-36,41H,14,17-24,29-33H2,1-10H3,(H2,55,56,57,58,59)/t35?,36-,41+/m1/s1. The van der Waals surface area contributed by atoms with Crippen LogP contribution in [-0.2, 0) is 21.1 Å². The predicted molar refractivity (Wildman–Crippen MR) is 279 cm³/mol. The van der Waals surface area contributed by atoms with E-state index in [0.717, 1.165) is 57.1 Å². The number of carbonyl (C=O) groups excluding carboxylic acids is 2. The van der Waals surface area contributed by atoms with Gasteiger partial charge in [-0.05, 0) is 87.3 Å². The molecule has 0 aliphatic carbocycles. The number of sulfone groups is 1. The largest absolute Gasteiger partial charge is 0.492 e. The minimum Gasteiger partial charge on any atom is -0.492 e. The Labute approximate surface area is 424 Å². The first-order valence-electron chi connectivity index (χ1n) is 25.2. The molecular weight excluding hydrogens is 935 g/mol. The van der Waals surface area contributed by atoms with Crippen molar-refractivity contribution in [3.05, 3.63) is 83.6 Å². The van der Waals surface area contributed by atoms with E-state index in [1.54, 1.807) is 45.3 Å². The second-order valence-corrected chi connectivity index (χ2v) is 24.2.